The lowest BCUT2D eigenvalue weighted by molar-refractivity contribution is -0.123. The molecule has 0 radical (unpaired) electrons. The third kappa shape index (κ3) is 3.54. The van der Waals surface area contributed by atoms with Crippen LogP contribution in [0.15, 0.2) is 24.3 Å². The number of amides is 3. The fraction of sp³-hybridized carbons (Fsp3) is 0.308. The van der Waals surface area contributed by atoms with Gasteiger partial charge in [-0.1, -0.05) is 6.07 Å². The van der Waals surface area contributed by atoms with Gasteiger partial charge in [-0.15, -0.1) is 0 Å². The Morgan fingerprint density at radius 3 is 2.53 bits per heavy atom. The van der Waals surface area contributed by atoms with Gasteiger partial charge in [0.15, 0.2) is 0 Å². The summed E-state index contributed by atoms with van der Waals surface area (Å²) < 4.78 is 0. The van der Waals surface area contributed by atoms with E-state index in [0.29, 0.717) is 17.9 Å². The summed E-state index contributed by atoms with van der Waals surface area (Å²) in [6, 6.07) is 6.87. The molecule has 1 aromatic rings. The average Bonchev–Trinajstić information content (AvgIpc) is 2.75. The Labute approximate surface area is 110 Å². The summed E-state index contributed by atoms with van der Waals surface area (Å²) in [6.45, 7) is 1.79. The van der Waals surface area contributed by atoms with E-state index in [0.717, 1.165) is 0 Å². The average molecular weight is 261 g/mol. The molecule has 19 heavy (non-hydrogen) atoms. The molecule has 6 heteroatoms. The smallest absolute Gasteiger partial charge is 0.229 e. The highest BCUT2D eigenvalue weighted by Gasteiger charge is 2.27. The summed E-state index contributed by atoms with van der Waals surface area (Å²) in [4.78, 5) is 33.9. The van der Waals surface area contributed by atoms with Gasteiger partial charge in [-0.3, -0.25) is 14.4 Å². The van der Waals surface area contributed by atoms with Crippen molar-refractivity contribution in [3.05, 3.63) is 24.3 Å². The van der Waals surface area contributed by atoms with Crippen LogP contribution in [-0.2, 0) is 14.4 Å². The van der Waals surface area contributed by atoms with Crippen molar-refractivity contribution in [1.29, 1.82) is 0 Å². The number of carbonyl (C=O) groups excluding carboxylic acids is 3. The Kier molecular flexibility index (Phi) is 3.79. The second kappa shape index (κ2) is 5.51. The van der Waals surface area contributed by atoms with Crippen molar-refractivity contribution in [3.63, 3.8) is 0 Å². The molecule has 3 amide bonds. The van der Waals surface area contributed by atoms with Gasteiger partial charge < -0.3 is 16.0 Å². The number of anilines is 2. The molecule has 0 saturated carbocycles. The number of hydrogen-bond acceptors (Lipinski definition) is 3. The van der Waals surface area contributed by atoms with E-state index in [1.165, 1.54) is 6.92 Å². The highest BCUT2D eigenvalue weighted by atomic mass is 16.2. The molecule has 0 aliphatic carbocycles. The van der Waals surface area contributed by atoms with Gasteiger partial charge in [0.05, 0.1) is 5.92 Å². The topological polar surface area (TPSA) is 87.3 Å². The zero-order valence-corrected chi connectivity index (χ0v) is 10.5. The lowest BCUT2D eigenvalue weighted by Gasteiger charge is -2.10. The number of rotatable bonds is 3. The van der Waals surface area contributed by atoms with Crippen molar-refractivity contribution in [2.45, 2.75) is 13.3 Å². The summed E-state index contributed by atoms with van der Waals surface area (Å²) >= 11 is 0. The van der Waals surface area contributed by atoms with Gasteiger partial charge >= 0.3 is 0 Å². The van der Waals surface area contributed by atoms with E-state index in [1.807, 2.05) is 0 Å². The Balaban J connectivity index is 2.00. The molecule has 1 aliphatic heterocycles. The molecular weight excluding hydrogens is 246 g/mol. The first kappa shape index (κ1) is 13.1. The Morgan fingerprint density at radius 1 is 1.26 bits per heavy atom. The highest BCUT2D eigenvalue weighted by molar-refractivity contribution is 5.98. The maximum absolute atomic E-state index is 11.9. The third-order valence-corrected chi connectivity index (χ3v) is 2.80. The summed E-state index contributed by atoms with van der Waals surface area (Å²) in [7, 11) is 0. The minimum absolute atomic E-state index is 0.104. The minimum atomic E-state index is -0.336. The number of hydrogen-bond donors (Lipinski definition) is 3. The number of nitrogens with one attached hydrogen (secondary N) is 3. The van der Waals surface area contributed by atoms with Gasteiger partial charge in [-0.2, -0.15) is 0 Å². The van der Waals surface area contributed by atoms with E-state index in [4.69, 9.17) is 0 Å². The fourth-order valence-electron chi connectivity index (χ4n) is 1.91. The molecule has 1 saturated heterocycles. The molecule has 0 aromatic heterocycles. The molecule has 1 heterocycles. The number of benzene rings is 1. The zero-order chi connectivity index (χ0) is 13.8. The monoisotopic (exact) mass is 261 g/mol. The van der Waals surface area contributed by atoms with E-state index in [1.54, 1.807) is 24.3 Å². The van der Waals surface area contributed by atoms with Gasteiger partial charge in [0.25, 0.3) is 0 Å². The molecule has 100 valence electrons. The quantitative estimate of drug-likeness (QED) is 0.749. The lowest BCUT2D eigenvalue weighted by atomic mass is 10.1. The summed E-state index contributed by atoms with van der Waals surface area (Å²) in [6.07, 6.45) is 0.219. The summed E-state index contributed by atoms with van der Waals surface area (Å²) in [5.74, 6) is -0.809. The molecule has 0 bridgehead atoms. The van der Waals surface area contributed by atoms with Gasteiger partial charge in [-0.25, -0.2) is 0 Å². The van der Waals surface area contributed by atoms with Crippen LogP contribution in [0.1, 0.15) is 13.3 Å². The molecule has 6 nitrogen and oxygen atoms in total. The molecular formula is C13H15N3O3. The predicted octanol–water partition coefficient (Wildman–Crippen LogP) is 0.720. The largest absolute Gasteiger partial charge is 0.355 e. The van der Waals surface area contributed by atoms with Gasteiger partial charge in [-0.05, 0) is 18.2 Å². The SMILES string of the molecule is CC(=O)Nc1cccc(NC(=O)C2CNC(=O)C2)c1. The highest BCUT2D eigenvalue weighted by Crippen LogP contribution is 2.17. The minimum Gasteiger partial charge on any atom is -0.355 e. The predicted molar refractivity (Wildman–Crippen MR) is 70.5 cm³/mol. The second-order valence-corrected chi connectivity index (χ2v) is 4.46. The van der Waals surface area contributed by atoms with E-state index >= 15 is 0 Å². The van der Waals surface area contributed by atoms with Crippen LogP contribution >= 0.6 is 0 Å². The first-order chi connectivity index (χ1) is 9.04. The van der Waals surface area contributed by atoms with Crippen LogP contribution in [0.5, 0.6) is 0 Å². The second-order valence-electron chi connectivity index (χ2n) is 4.46. The first-order valence-electron chi connectivity index (χ1n) is 6.00. The Morgan fingerprint density at radius 2 is 1.95 bits per heavy atom. The van der Waals surface area contributed by atoms with Crippen molar-refractivity contribution >= 4 is 29.1 Å². The van der Waals surface area contributed by atoms with Gasteiger partial charge in [0, 0.05) is 31.3 Å². The molecule has 1 fully saturated rings. The van der Waals surface area contributed by atoms with E-state index < -0.39 is 0 Å². The van der Waals surface area contributed by atoms with Crippen LogP contribution in [0, 0.1) is 5.92 Å². The molecule has 1 unspecified atom stereocenters. The van der Waals surface area contributed by atoms with Crippen molar-refractivity contribution in [2.24, 2.45) is 5.92 Å². The standard InChI is InChI=1S/C13H15N3O3/c1-8(17)15-10-3-2-4-11(6-10)16-13(19)9-5-12(18)14-7-9/h2-4,6,9H,5,7H2,1H3,(H,14,18)(H,15,17)(H,16,19). The van der Waals surface area contributed by atoms with E-state index in [2.05, 4.69) is 16.0 Å². The molecule has 3 N–H and O–H groups in total. The third-order valence-electron chi connectivity index (χ3n) is 2.80. The van der Waals surface area contributed by atoms with Crippen LogP contribution < -0.4 is 16.0 Å². The van der Waals surface area contributed by atoms with Crippen molar-refractivity contribution < 1.29 is 14.4 Å². The van der Waals surface area contributed by atoms with Crippen LogP contribution in [0.4, 0.5) is 11.4 Å². The van der Waals surface area contributed by atoms with Crippen LogP contribution in [0.3, 0.4) is 0 Å². The van der Waals surface area contributed by atoms with Gasteiger partial charge in [0.1, 0.15) is 0 Å². The Hall–Kier alpha value is -2.37. The molecule has 0 spiro atoms. The zero-order valence-electron chi connectivity index (χ0n) is 10.5. The van der Waals surface area contributed by atoms with E-state index in [9.17, 15) is 14.4 Å². The van der Waals surface area contributed by atoms with Crippen molar-refractivity contribution in [2.75, 3.05) is 17.2 Å². The lowest BCUT2D eigenvalue weighted by Crippen LogP contribution is -2.24. The van der Waals surface area contributed by atoms with Crippen molar-refractivity contribution in [1.82, 2.24) is 5.32 Å². The normalized spacial score (nSPS) is 17.7. The molecule has 1 aliphatic rings. The van der Waals surface area contributed by atoms with Gasteiger partial charge in [0.2, 0.25) is 17.7 Å². The first-order valence-corrected chi connectivity index (χ1v) is 6.00. The fourth-order valence-corrected chi connectivity index (χ4v) is 1.91. The molecule has 1 aromatic carbocycles. The summed E-state index contributed by atoms with van der Waals surface area (Å²) in [5.41, 5.74) is 1.21. The van der Waals surface area contributed by atoms with Crippen LogP contribution in [0.25, 0.3) is 0 Å². The van der Waals surface area contributed by atoms with Crippen molar-refractivity contribution in [3.8, 4) is 0 Å². The van der Waals surface area contributed by atoms with Crippen LogP contribution in [-0.4, -0.2) is 24.3 Å². The Bertz CT molecular complexity index is 528. The van der Waals surface area contributed by atoms with Crippen LogP contribution in [0.2, 0.25) is 0 Å². The number of carbonyl (C=O) groups is 3. The maximum Gasteiger partial charge on any atom is 0.229 e. The van der Waals surface area contributed by atoms with E-state index in [-0.39, 0.29) is 30.1 Å². The molecule has 2 rings (SSSR count). The summed E-state index contributed by atoms with van der Waals surface area (Å²) in [5, 5.41) is 7.99. The maximum atomic E-state index is 11.9. The molecule has 1 atom stereocenters.